The van der Waals surface area contributed by atoms with Crippen molar-refractivity contribution in [3.63, 3.8) is 0 Å². The maximum Gasteiger partial charge on any atom is 0.0194 e. The summed E-state index contributed by atoms with van der Waals surface area (Å²) < 4.78 is 0. The Balaban J connectivity index is 2.21. The van der Waals surface area contributed by atoms with Gasteiger partial charge in [-0.25, -0.2) is 0 Å². The van der Waals surface area contributed by atoms with Crippen LogP contribution < -0.4 is 5.73 Å². The molecule has 0 amide bonds. The zero-order valence-electron chi connectivity index (χ0n) is 7.06. The quantitative estimate of drug-likeness (QED) is 0.595. The average Bonchev–Trinajstić information content (AvgIpc) is 2.66. The monoisotopic (exact) mass is 152 g/mol. The summed E-state index contributed by atoms with van der Waals surface area (Å²) in [5, 5.41) is 6.80. The minimum absolute atomic E-state index is 0.584. The topological polar surface area (TPSA) is 49.9 Å². The van der Waals surface area contributed by atoms with Gasteiger partial charge in [0.2, 0.25) is 0 Å². The van der Waals surface area contributed by atoms with E-state index in [1.54, 1.807) is 6.08 Å². The van der Waals surface area contributed by atoms with Crippen LogP contribution in [-0.2, 0) is 0 Å². The van der Waals surface area contributed by atoms with Gasteiger partial charge < -0.3 is 11.1 Å². The van der Waals surface area contributed by atoms with Crippen LogP contribution in [0.25, 0.3) is 0 Å². The van der Waals surface area contributed by atoms with Gasteiger partial charge in [0.1, 0.15) is 0 Å². The van der Waals surface area contributed by atoms with E-state index in [1.807, 2.05) is 0 Å². The van der Waals surface area contributed by atoms with Gasteiger partial charge in [-0.15, -0.1) is 0 Å². The summed E-state index contributed by atoms with van der Waals surface area (Å²) in [6.45, 7) is 2.30. The first-order valence-corrected chi connectivity index (χ1v) is 4.11. The number of hydrogen-bond donors (Lipinski definition) is 2. The number of hydrogen-bond acceptors (Lipinski definition) is 2. The van der Waals surface area contributed by atoms with E-state index in [4.69, 9.17) is 11.1 Å². The molecule has 2 heteroatoms. The second-order valence-corrected chi connectivity index (χ2v) is 3.72. The van der Waals surface area contributed by atoms with Crippen LogP contribution in [0.4, 0.5) is 0 Å². The van der Waals surface area contributed by atoms with E-state index in [9.17, 15) is 0 Å². The molecule has 1 aliphatic rings. The van der Waals surface area contributed by atoms with Crippen molar-refractivity contribution in [2.45, 2.75) is 32.6 Å². The lowest BCUT2D eigenvalue weighted by molar-refractivity contribution is 0.516. The Morgan fingerprint density at radius 3 is 2.73 bits per heavy atom. The maximum atomic E-state index is 6.80. The standard InChI is InChI=1S/C9H16N2/c1-9(5-6-9)4-2-8(11)3-7-10/h3,7,10H,2,4-6,11H2,1H3/b8-3-,10-7?. The molecule has 2 nitrogen and oxygen atoms in total. The smallest absolute Gasteiger partial charge is 0.0194 e. The number of rotatable bonds is 4. The fourth-order valence-electron chi connectivity index (χ4n) is 1.10. The first-order chi connectivity index (χ1) is 5.16. The second kappa shape index (κ2) is 3.07. The SMILES string of the molecule is CC1(CC/C(N)=C/C=N)CC1. The van der Waals surface area contributed by atoms with Crippen molar-refractivity contribution in [2.75, 3.05) is 0 Å². The van der Waals surface area contributed by atoms with Crippen molar-refractivity contribution in [1.29, 1.82) is 5.41 Å². The molecule has 0 heterocycles. The van der Waals surface area contributed by atoms with Crippen molar-refractivity contribution in [2.24, 2.45) is 11.1 Å². The third-order valence-corrected chi connectivity index (χ3v) is 2.42. The molecule has 0 atom stereocenters. The molecule has 0 radical (unpaired) electrons. The molecule has 0 aliphatic heterocycles. The van der Waals surface area contributed by atoms with Crippen LogP contribution in [0.5, 0.6) is 0 Å². The Labute approximate surface area is 68.0 Å². The third kappa shape index (κ3) is 2.74. The zero-order chi connectivity index (χ0) is 8.32. The van der Waals surface area contributed by atoms with E-state index < -0.39 is 0 Å². The van der Waals surface area contributed by atoms with Gasteiger partial charge in [0.25, 0.3) is 0 Å². The van der Waals surface area contributed by atoms with Crippen molar-refractivity contribution >= 4 is 6.21 Å². The Kier molecular flexibility index (Phi) is 2.32. The van der Waals surface area contributed by atoms with Crippen molar-refractivity contribution in [3.8, 4) is 0 Å². The summed E-state index contributed by atoms with van der Waals surface area (Å²) in [5.74, 6) is 0. The summed E-state index contributed by atoms with van der Waals surface area (Å²) >= 11 is 0. The van der Waals surface area contributed by atoms with E-state index in [0.29, 0.717) is 5.41 Å². The Bertz CT molecular complexity index is 178. The van der Waals surface area contributed by atoms with E-state index >= 15 is 0 Å². The van der Waals surface area contributed by atoms with E-state index in [1.165, 1.54) is 25.5 Å². The van der Waals surface area contributed by atoms with Crippen LogP contribution >= 0.6 is 0 Å². The molecule has 0 aromatic heterocycles. The summed E-state index contributed by atoms with van der Waals surface area (Å²) in [6, 6.07) is 0. The normalized spacial score (nSPS) is 21.4. The number of nitrogens with one attached hydrogen (secondary N) is 1. The van der Waals surface area contributed by atoms with E-state index in [2.05, 4.69) is 6.92 Å². The van der Waals surface area contributed by atoms with Crippen molar-refractivity contribution in [3.05, 3.63) is 11.8 Å². The van der Waals surface area contributed by atoms with E-state index in [0.717, 1.165) is 12.1 Å². The molecule has 11 heavy (non-hydrogen) atoms. The van der Waals surface area contributed by atoms with Gasteiger partial charge in [-0.1, -0.05) is 6.92 Å². The van der Waals surface area contributed by atoms with Gasteiger partial charge >= 0.3 is 0 Å². The lowest BCUT2D eigenvalue weighted by Gasteiger charge is -2.06. The molecule has 1 fully saturated rings. The molecule has 0 saturated heterocycles. The number of allylic oxidation sites excluding steroid dienone is 2. The van der Waals surface area contributed by atoms with Crippen LogP contribution in [0.15, 0.2) is 11.8 Å². The molecule has 0 spiro atoms. The van der Waals surface area contributed by atoms with Crippen LogP contribution in [0.1, 0.15) is 32.6 Å². The van der Waals surface area contributed by atoms with Gasteiger partial charge in [0, 0.05) is 11.9 Å². The first-order valence-electron chi connectivity index (χ1n) is 4.11. The third-order valence-electron chi connectivity index (χ3n) is 2.42. The molecule has 0 aromatic carbocycles. The molecular formula is C9H16N2. The van der Waals surface area contributed by atoms with Crippen molar-refractivity contribution < 1.29 is 0 Å². The molecule has 1 saturated carbocycles. The Hall–Kier alpha value is -0.790. The van der Waals surface area contributed by atoms with Gasteiger partial charge in [-0.2, -0.15) is 0 Å². The summed E-state index contributed by atoms with van der Waals surface area (Å²) in [7, 11) is 0. The van der Waals surface area contributed by atoms with Gasteiger partial charge in [0.05, 0.1) is 0 Å². The van der Waals surface area contributed by atoms with Crippen LogP contribution in [0, 0.1) is 10.8 Å². The number of nitrogens with two attached hydrogens (primary N) is 1. The first kappa shape index (κ1) is 8.31. The fourth-order valence-corrected chi connectivity index (χ4v) is 1.10. The highest BCUT2D eigenvalue weighted by Crippen LogP contribution is 2.49. The zero-order valence-corrected chi connectivity index (χ0v) is 7.06. The van der Waals surface area contributed by atoms with Gasteiger partial charge in [-0.05, 0) is 37.2 Å². The Morgan fingerprint density at radius 1 is 1.64 bits per heavy atom. The van der Waals surface area contributed by atoms with Crippen LogP contribution in [-0.4, -0.2) is 6.21 Å². The minimum atomic E-state index is 0.584. The fraction of sp³-hybridized carbons (Fsp3) is 0.667. The highest BCUT2D eigenvalue weighted by atomic mass is 14.6. The summed E-state index contributed by atoms with van der Waals surface area (Å²) in [5.41, 5.74) is 7.05. The molecular weight excluding hydrogens is 136 g/mol. The minimum Gasteiger partial charge on any atom is -0.402 e. The van der Waals surface area contributed by atoms with Crippen LogP contribution in [0.3, 0.4) is 0 Å². The summed E-state index contributed by atoms with van der Waals surface area (Å²) in [4.78, 5) is 0. The average molecular weight is 152 g/mol. The maximum absolute atomic E-state index is 6.80. The molecule has 1 rings (SSSR count). The summed E-state index contributed by atoms with van der Waals surface area (Å²) in [6.07, 6.45) is 7.76. The second-order valence-electron chi connectivity index (χ2n) is 3.72. The molecule has 0 unspecified atom stereocenters. The van der Waals surface area contributed by atoms with Crippen LogP contribution in [0.2, 0.25) is 0 Å². The highest BCUT2D eigenvalue weighted by Gasteiger charge is 2.36. The van der Waals surface area contributed by atoms with E-state index in [-0.39, 0.29) is 0 Å². The molecule has 0 bridgehead atoms. The molecule has 0 aromatic rings. The highest BCUT2D eigenvalue weighted by molar-refractivity contribution is 5.68. The lowest BCUT2D eigenvalue weighted by Crippen LogP contribution is -2.01. The predicted octanol–water partition coefficient (Wildman–Crippen LogP) is 2.06. The molecule has 62 valence electrons. The molecule has 3 N–H and O–H groups in total. The largest absolute Gasteiger partial charge is 0.402 e. The predicted molar refractivity (Wildman–Crippen MR) is 47.6 cm³/mol. The van der Waals surface area contributed by atoms with Gasteiger partial charge in [-0.3, -0.25) is 0 Å². The van der Waals surface area contributed by atoms with Gasteiger partial charge in [0.15, 0.2) is 0 Å². The Morgan fingerprint density at radius 2 is 2.27 bits per heavy atom. The lowest BCUT2D eigenvalue weighted by atomic mass is 10.0. The molecule has 1 aliphatic carbocycles. The van der Waals surface area contributed by atoms with Crippen molar-refractivity contribution in [1.82, 2.24) is 0 Å².